The van der Waals surface area contributed by atoms with Gasteiger partial charge in [-0.2, -0.15) is 0 Å². The molecule has 0 radical (unpaired) electrons. The minimum atomic E-state index is -0.274. The van der Waals surface area contributed by atoms with Crippen LogP contribution in [-0.4, -0.2) is 21.7 Å². The molecular formula is C6H11FN4. The minimum absolute atomic E-state index is 0.274. The Hall–Kier alpha value is -1.13. The quantitative estimate of drug-likeness (QED) is 0.653. The van der Waals surface area contributed by atoms with Crippen molar-refractivity contribution in [3.8, 4) is 0 Å². The van der Waals surface area contributed by atoms with Gasteiger partial charge in [-0.3, -0.25) is 9.07 Å². The van der Waals surface area contributed by atoms with Gasteiger partial charge in [-0.05, 0) is 12.8 Å². The van der Waals surface area contributed by atoms with Crippen molar-refractivity contribution >= 4 is 5.82 Å². The maximum Gasteiger partial charge on any atom is 0.165 e. The van der Waals surface area contributed by atoms with Gasteiger partial charge in [-0.15, -0.1) is 5.10 Å². The molecule has 1 aromatic heterocycles. The summed E-state index contributed by atoms with van der Waals surface area (Å²) in [6.45, 7) is 0.415. The number of nitrogen functional groups attached to an aromatic ring is 1. The third-order valence-corrected chi connectivity index (χ3v) is 1.33. The van der Waals surface area contributed by atoms with Gasteiger partial charge in [-0.1, -0.05) is 5.21 Å². The molecule has 0 atom stereocenters. The molecule has 0 fully saturated rings. The first-order chi connectivity index (χ1) is 5.33. The summed E-state index contributed by atoms with van der Waals surface area (Å²) in [5, 5.41) is 7.30. The van der Waals surface area contributed by atoms with Crippen LogP contribution in [0, 0.1) is 0 Å². The van der Waals surface area contributed by atoms with Crippen molar-refractivity contribution in [3.05, 3.63) is 6.20 Å². The molecule has 11 heavy (non-hydrogen) atoms. The Morgan fingerprint density at radius 2 is 2.36 bits per heavy atom. The zero-order valence-corrected chi connectivity index (χ0v) is 6.20. The monoisotopic (exact) mass is 158 g/mol. The average Bonchev–Trinajstić information content (AvgIpc) is 2.37. The number of nitrogens with two attached hydrogens (primary N) is 1. The summed E-state index contributed by atoms with van der Waals surface area (Å²) in [5.74, 6) is 0.408. The van der Waals surface area contributed by atoms with E-state index in [4.69, 9.17) is 5.73 Å². The third kappa shape index (κ3) is 2.53. The largest absolute Gasteiger partial charge is 0.381 e. The lowest BCUT2D eigenvalue weighted by atomic mass is 10.3. The van der Waals surface area contributed by atoms with E-state index in [9.17, 15) is 4.39 Å². The fourth-order valence-corrected chi connectivity index (χ4v) is 0.791. The second-order valence-corrected chi connectivity index (χ2v) is 2.30. The van der Waals surface area contributed by atoms with Crippen LogP contribution < -0.4 is 5.73 Å². The molecule has 0 spiro atoms. The maximum atomic E-state index is 11.6. The second kappa shape index (κ2) is 3.90. The van der Waals surface area contributed by atoms with E-state index in [1.54, 1.807) is 10.9 Å². The van der Waals surface area contributed by atoms with Gasteiger partial charge in [0.15, 0.2) is 5.82 Å². The van der Waals surface area contributed by atoms with Crippen LogP contribution in [0.2, 0.25) is 0 Å². The van der Waals surface area contributed by atoms with Crippen molar-refractivity contribution in [2.24, 2.45) is 0 Å². The van der Waals surface area contributed by atoms with Crippen molar-refractivity contribution in [1.82, 2.24) is 15.0 Å². The van der Waals surface area contributed by atoms with Gasteiger partial charge in [0.05, 0.1) is 12.9 Å². The predicted molar refractivity (Wildman–Crippen MR) is 39.6 cm³/mol. The molecule has 0 saturated carbocycles. The zero-order chi connectivity index (χ0) is 8.10. The van der Waals surface area contributed by atoms with Gasteiger partial charge in [0.25, 0.3) is 0 Å². The lowest BCUT2D eigenvalue weighted by molar-refractivity contribution is 0.437. The summed E-state index contributed by atoms with van der Waals surface area (Å²) >= 11 is 0. The Labute approximate surface area is 64.2 Å². The summed E-state index contributed by atoms with van der Waals surface area (Å²) in [4.78, 5) is 0. The van der Waals surface area contributed by atoms with Crippen LogP contribution >= 0.6 is 0 Å². The summed E-state index contributed by atoms with van der Waals surface area (Å²) in [5.41, 5.74) is 5.31. The highest BCUT2D eigenvalue weighted by atomic mass is 19.1. The number of aromatic nitrogens is 3. The molecule has 0 amide bonds. The van der Waals surface area contributed by atoms with Gasteiger partial charge >= 0.3 is 0 Å². The fraction of sp³-hybridized carbons (Fsp3) is 0.667. The highest BCUT2D eigenvalue weighted by Crippen LogP contribution is 1.96. The number of hydrogen-bond acceptors (Lipinski definition) is 3. The van der Waals surface area contributed by atoms with Crippen LogP contribution in [0.4, 0.5) is 10.2 Å². The van der Waals surface area contributed by atoms with Crippen molar-refractivity contribution in [2.75, 3.05) is 12.4 Å². The number of anilines is 1. The number of rotatable bonds is 4. The molecule has 0 unspecified atom stereocenters. The van der Waals surface area contributed by atoms with Crippen LogP contribution in [0.3, 0.4) is 0 Å². The zero-order valence-electron chi connectivity index (χ0n) is 6.20. The van der Waals surface area contributed by atoms with Gasteiger partial charge in [-0.25, -0.2) is 0 Å². The molecule has 4 nitrogen and oxygen atoms in total. The molecule has 5 heteroatoms. The molecule has 1 rings (SSSR count). The highest BCUT2D eigenvalue weighted by Gasteiger charge is 1.94. The normalized spacial score (nSPS) is 10.3. The molecule has 62 valence electrons. The van der Waals surface area contributed by atoms with E-state index in [1.165, 1.54) is 0 Å². The first kappa shape index (κ1) is 7.97. The Balaban J connectivity index is 2.27. The number of aryl methyl sites for hydroxylation is 1. The SMILES string of the molecule is Nc1cn(CCCCF)nn1. The van der Waals surface area contributed by atoms with Crippen LogP contribution in [0.5, 0.6) is 0 Å². The van der Waals surface area contributed by atoms with E-state index in [1.807, 2.05) is 0 Å². The maximum absolute atomic E-state index is 11.6. The number of unbranched alkanes of at least 4 members (excludes halogenated alkanes) is 1. The molecule has 0 aliphatic carbocycles. The molecule has 0 saturated heterocycles. The van der Waals surface area contributed by atoms with E-state index >= 15 is 0 Å². The Morgan fingerprint density at radius 1 is 1.55 bits per heavy atom. The van der Waals surface area contributed by atoms with Gasteiger partial charge in [0.1, 0.15) is 0 Å². The first-order valence-electron chi connectivity index (χ1n) is 3.54. The van der Waals surface area contributed by atoms with E-state index in [0.29, 0.717) is 18.8 Å². The molecule has 0 aromatic carbocycles. The lowest BCUT2D eigenvalue weighted by Gasteiger charge is -1.95. The van der Waals surface area contributed by atoms with E-state index in [2.05, 4.69) is 10.3 Å². The first-order valence-corrected chi connectivity index (χ1v) is 3.54. The molecular weight excluding hydrogens is 147 g/mol. The Bertz CT molecular complexity index is 210. The summed E-state index contributed by atoms with van der Waals surface area (Å²) < 4.78 is 13.2. The summed E-state index contributed by atoms with van der Waals surface area (Å²) in [6, 6.07) is 0. The second-order valence-electron chi connectivity index (χ2n) is 2.30. The average molecular weight is 158 g/mol. The minimum Gasteiger partial charge on any atom is -0.381 e. The molecule has 0 bridgehead atoms. The van der Waals surface area contributed by atoms with Crippen molar-refractivity contribution in [1.29, 1.82) is 0 Å². The Kier molecular flexibility index (Phi) is 2.83. The third-order valence-electron chi connectivity index (χ3n) is 1.33. The van der Waals surface area contributed by atoms with Crippen molar-refractivity contribution in [2.45, 2.75) is 19.4 Å². The fourth-order valence-electron chi connectivity index (χ4n) is 0.791. The number of halogens is 1. The molecule has 1 aromatic rings. The van der Waals surface area contributed by atoms with Crippen LogP contribution in [0.25, 0.3) is 0 Å². The van der Waals surface area contributed by atoms with Crippen molar-refractivity contribution < 1.29 is 4.39 Å². The standard InChI is InChI=1S/C6H11FN4/c7-3-1-2-4-11-5-6(8)9-10-11/h5H,1-4,8H2. The van der Waals surface area contributed by atoms with E-state index in [0.717, 1.165) is 6.42 Å². The number of hydrogen-bond donors (Lipinski definition) is 1. The van der Waals surface area contributed by atoms with Gasteiger partial charge < -0.3 is 5.73 Å². The smallest absolute Gasteiger partial charge is 0.165 e. The topological polar surface area (TPSA) is 56.7 Å². The number of alkyl halides is 1. The number of nitrogens with zero attached hydrogens (tertiary/aromatic N) is 3. The molecule has 0 aliphatic rings. The van der Waals surface area contributed by atoms with Gasteiger partial charge in [0, 0.05) is 6.54 Å². The van der Waals surface area contributed by atoms with Crippen molar-refractivity contribution in [3.63, 3.8) is 0 Å². The Morgan fingerprint density at radius 3 is 2.91 bits per heavy atom. The van der Waals surface area contributed by atoms with E-state index in [-0.39, 0.29) is 6.67 Å². The molecule has 0 aliphatic heterocycles. The summed E-state index contributed by atoms with van der Waals surface area (Å²) in [7, 11) is 0. The van der Waals surface area contributed by atoms with Crippen LogP contribution in [-0.2, 0) is 6.54 Å². The molecule has 2 N–H and O–H groups in total. The summed E-state index contributed by atoms with van der Waals surface area (Å²) in [6.07, 6.45) is 2.98. The molecule has 1 heterocycles. The van der Waals surface area contributed by atoms with Crippen LogP contribution in [0.1, 0.15) is 12.8 Å². The lowest BCUT2D eigenvalue weighted by Crippen LogP contribution is -1.98. The predicted octanol–water partition coefficient (Wildman–Crippen LogP) is 0.610. The van der Waals surface area contributed by atoms with E-state index < -0.39 is 0 Å². The van der Waals surface area contributed by atoms with Gasteiger partial charge in [0.2, 0.25) is 0 Å². The highest BCUT2D eigenvalue weighted by molar-refractivity contribution is 5.19. The van der Waals surface area contributed by atoms with Crippen LogP contribution in [0.15, 0.2) is 6.20 Å².